The number of nitrogens with zero attached hydrogens (tertiary/aromatic N) is 5. The van der Waals surface area contributed by atoms with Crippen molar-refractivity contribution in [3.8, 4) is 34.4 Å². The van der Waals surface area contributed by atoms with E-state index in [9.17, 15) is 57.4 Å². The van der Waals surface area contributed by atoms with Crippen molar-refractivity contribution < 1.29 is 57.4 Å². The molecular formula is C41H45N5O12P4. The second-order valence-electron chi connectivity index (χ2n) is 15.6. The second kappa shape index (κ2) is 16.3. The van der Waals surface area contributed by atoms with Gasteiger partial charge in [-0.3, -0.25) is 27.4 Å². The van der Waals surface area contributed by atoms with Crippen LogP contribution in [0.5, 0.6) is 0 Å². The zero-order chi connectivity index (χ0) is 45.4. The largest absolute Gasteiger partial charge is 0.329 e. The van der Waals surface area contributed by atoms with Gasteiger partial charge in [-0.25, -0.2) is 15.0 Å². The van der Waals surface area contributed by atoms with Gasteiger partial charge in [0.1, 0.15) is 11.4 Å². The highest BCUT2D eigenvalue weighted by molar-refractivity contribution is 7.51. The van der Waals surface area contributed by atoms with Crippen LogP contribution in [0.2, 0.25) is 0 Å². The molecule has 0 saturated heterocycles. The summed E-state index contributed by atoms with van der Waals surface area (Å²) in [6, 6.07) is 19.4. The molecule has 3 heterocycles. The van der Waals surface area contributed by atoms with E-state index in [0.29, 0.717) is 78.2 Å². The molecule has 0 aliphatic carbocycles. The molecule has 4 aromatic carbocycles. The normalized spacial score (nSPS) is 12.9. The van der Waals surface area contributed by atoms with Gasteiger partial charge in [0.2, 0.25) is 0 Å². The Morgan fingerprint density at radius 1 is 0.403 bits per heavy atom. The number of imidazole rings is 2. The van der Waals surface area contributed by atoms with E-state index in [-0.39, 0.29) is 33.9 Å². The van der Waals surface area contributed by atoms with Crippen molar-refractivity contribution in [2.24, 2.45) is 0 Å². The fourth-order valence-electron chi connectivity index (χ4n) is 8.60. The van der Waals surface area contributed by atoms with Crippen molar-refractivity contribution >= 4 is 52.4 Å². The molecule has 0 atom stereocenters. The number of pyridine rings is 1. The molecule has 17 nitrogen and oxygen atoms in total. The fourth-order valence-corrected chi connectivity index (χ4v) is 12.1. The van der Waals surface area contributed by atoms with Gasteiger partial charge in [-0.1, -0.05) is 30.3 Å². The highest BCUT2D eigenvalue weighted by atomic mass is 31.2. The lowest BCUT2D eigenvalue weighted by molar-refractivity contribution is 0.368. The third kappa shape index (κ3) is 9.00. The smallest absolute Gasteiger partial charge is 0.324 e. The van der Waals surface area contributed by atoms with Gasteiger partial charge in [0.25, 0.3) is 0 Å². The summed E-state index contributed by atoms with van der Waals surface area (Å²) in [5, 5.41) is 0. The van der Waals surface area contributed by atoms with Crippen LogP contribution >= 0.6 is 30.4 Å². The molecule has 21 heteroatoms. The number of fused-ring (bicyclic) bond motifs is 2. The van der Waals surface area contributed by atoms with Gasteiger partial charge in [-0.2, -0.15) is 0 Å². The van der Waals surface area contributed by atoms with Crippen LogP contribution < -0.4 is 0 Å². The molecule has 0 aliphatic heterocycles. The van der Waals surface area contributed by atoms with Gasteiger partial charge in [-0.15, -0.1) is 0 Å². The van der Waals surface area contributed by atoms with Crippen LogP contribution in [-0.2, 0) is 42.9 Å². The summed E-state index contributed by atoms with van der Waals surface area (Å²) in [4.78, 5) is 96.4. The average molecular weight is 924 g/mol. The van der Waals surface area contributed by atoms with Gasteiger partial charge >= 0.3 is 30.4 Å². The fraction of sp³-hybridized carbons (Fsp3) is 0.244. The molecule has 0 saturated carbocycles. The first-order valence-electron chi connectivity index (χ1n) is 19.1. The highest BCUT2D eigenvalue weighted by Crippen LogP contribution is 2.50. The summed E-state index contributed by atoms with van der Waals surface area (Å²) >= 11 is 0. The Labute approximate surface area is 355 Å². The summed E-state index contributed by atoms with van der Waals surface area (Å²) in [7, 11) is -18.7. The highest BCUT2D eigenvalue weighted by Gasteiger charge is 2.31. The predicted octanol–water partition coefficient (Wildman–Crippen LogP) is 7.65. The Kier molecular flexibility index (Phi) is 12.0. The van der Waals surface area contributed by atoms with Crippen molar-refractivity contribution in [1.82, 2.24) is 24.1 Å². The van der Waals surface area contributed by atoms with Gasteiger partial charge in [-0.05, 0) is 134 Å². The lowest BCUT2D eigenvalue weighted by atomic mass is 9.92. The van der Waals surface area contributed by atoms with Crippen LogP contribution in [0.1, 0.15) is 55.6 Å². The Morgan fingerprint density at radius 2 is 0.694 bits per heavy atom. The van der Waals surface area contributed by atoms with E-state index in [2.05, 4.69) is 0 Å². The van der Waals surface area contributed by atoms with Crippen LogP contribution in [0.25, 0.3) is 56.5 Å². The lowest BCUT2D eigenvalue weighted by Gasteiger charge is -2.25. The number of rotatable bonds is 12. The monoisotopic (exact) mass is 923 g/mol. The van der Waals surface area contributed by atoms with Crippen LogP contribution in [0.15, 0.2) is 66.7 Å². The van der Waals surface area contributed by atoms with Crippen LogP contribution in [0.4, 0.5) is 0 Å². The molecule has 326 valence electrons. The predicted molar refractivity (Wildman–Crippen MR) is 236 cm³/mol. The van der Waals surface area contributed by atoms with Crippen molar-refractivity contribution in [3.63, 3.8) is 0 Å². The first-order chi connectivity index (χ1) is 28.7. The minimum absolute atomic E-state index is 0.238. The van der Waals surface area contributed by atoms with Gasteiger partial charge in [0, 0.05) is 0 Å². The molecule has 0 aliphatic rings. The first kappa shape index (κ1) is 45.6. The summed E-state index contributed by atoms with van der Waals surface area (Å²) in [5.74, 6) is 0.566. The van der Waals surface area contributed by atoms with E-state index < -0.39 is 55.0 Å². The maximum atomic E-state index is 12.5. The number of para-hydroxylation sites is 4. The molecule has 0 amide bonds. The molecule has 62 heavy (non-hydrogen) atoms. The van der Waals surface area contributed by atoms with Crippen LogP contribution in [0.3, 0.4) is 0 Å². The first-order valence-corrected chi connectivity index (χ1v) is 26.3. The van der Waals surface area contributed by atoms with E-state index in [1.807, 2.05) is 0 Å². The quantitative estimate of drug-likeness (QED) is 0.0546. The summed E-state index contributed by atoms with van der Waals surface area (Å²) in [6.07, 6.45) is -2.72. The van der Waals surface area contributed by atoms with Gasteiger partial charge < -0.3 is 39.1 Å². The molecule has 0 bridgehead atoms. The summed E-state index contributed by atoms with van der Waals surface area (Å²) in [6.45, 7) is 9.96. The van der Waals surface area contributed by atoms with Gasteiger partial charge in [0.15, 0.2) is 11.6 Å². The molecular weight excluding hydrogens is 878 g/mol. The van der Waals surface area contributed by atoms with E-state index in [1.54, 1.807) is 117 Å². The summed E-state index contributed by atoms with van der Waals surface area (Å²) < 4.78 is 53.5. The molecule has 0 spiro atoms. The minimum Gasteiger partial charge on any atom is -0.324 e. The van der Waals surface area contributed by atoms with Crippen molar-refractivity contribution in [3.05, 3.63) is 122 Å². The second-order valence-corrected chi connectivity index (χ2v) is 22.2. The van der Waals surface area contributed by atoms with E-state index in [0.717, 1.165) is 0 Å². The average Bonchev–Trinajstić information content (AvgIpc) is 3.74. The van der Waals surface area contributed by atoms with E-state index in [4.69, 9.17) is 15.0 Å². The maximum absolute atomic E-state index is 12.5. The topological polar surface area (TPSA) is 279 Å². The molecule has 3 aromatic heterocycles. The van der Waals surface area contributed by atoms with E-state index in [1.165, 1.54) is 0 Å². The molecule has 0 unspecified atom stereocenters. The minimum atomic E-state index is -4.68. The molecule has 0 radical (unpaired) electrons. The SMILES string of the molecule is Cc1c(CP(=O)(O)O)c(C)c(-n2c(-c3cccc(-c4nc5ccccc5n4-c4c(C)c(CP(=O)(O)O)c(C)c(CP(=O)(O)O)c4C)n3)nc3ccccc32)c(C)c1CP(=O)(O)O. The summed E-state index contributed by atoms with van der Waals surface area (Å²) in [5.41, 5.74) is 7.14. The zero-order valence-corrected chi connectivity index (χ0v) is 38.0. The number of hydrogen-bond acceptors (Lipinski definition) is 7. The molecule has 8 N–H and O–H groups in total. The molecule has 7 rings (SSSR count). The Hall–Kier alpha value is -4.43. The zero-order valence-electron chi connectivity index (χ0n) is 34.4. The maximum Gasteiger partial charge on any atom is 0.329 e. The van der Waals surface area contributed by atoms with Crippen molar-refractivity contribution in [1.29, 1.82) is 0 Å². The van der Waals surface area contributed by atoms with Crippen LogP contribution in [-0.4, -0.2) is 63.2 Å². The number of aromatic nitrogens is 5. The lowest BCUT2D eigenvalue weighted by Crippen LogP contribution is -2.12. The molecule has 0 fully saturated rings. The Morgan fingerprint density at radius 3 is 0.984 bits per heavy atom. The third-order valence-electron chi connectivity index (χ3n) is 11.3. The third-order valence-corrected chi connectivity index (χ3v) is 14.2. The van der Waals surface area contributed by atoms with E-state index >= 15 is 0 Å². The Bertz CT molecular complexity index is 2870. The van der Waals surface area contributed by atoms with Crippen LogP contribution in [0, 0.1) is 41.5 Å². The van der Waals surface area contributed by atoms with Crippen molar-refractivity contribution in [2.75, 3.05) is 0 Å². The Balaban J connectivity index is 1.54. The standard InChI is InChI=1S/C41H45N5O12P4/c1-22-28(18-59(47,48)49)24(3)38(25(4)29(22)19-60(50,51)52)45-36-16-9-7-12-32(36)43-40(45)34-14-11-15-35(42-34)41-44-33-13-8-10-17-37(33)46(41)39-26(5)30(20-61(53,54)55)23(2)31(27(39)6)21-62(56,57)58/h7-17H,18-21H2,1-6H3,(H2,47,48,49)(H2,50,51,52)(H2,53,54,55)(H2,56,57,58). The van der Waals surface area contributed by atoms with Crippen molar-refractivity contribution in [2.45, 2.75) is 66.2 Å². The number of hydrogen-bond donors (Lipinski definition) is 8. The number of benzene rings is 4. The molecule has 7 aromatic rings. The van der Waals surface area contributed by atoms with Gasteiger partial charge in [0.05, 0.1) is 58.1 Å².